The number of alkyl halides is 3. The molecule has 1 aliphatic heterocycles. The van der Waals surface area contributed by atoms with Gasteiger partial charge in [0.1, 0.15) is 22.1 Å². The predicted molar refractivity (Wildman–Crippen MR) is 145 cm³/mol. The van der Waals surface area contributed by atoms with Gasteiger partial charge < -0.3 is 9.84 Å². The maximum absolute atomic E-state index is 14.1. The molecular weight excluding hydrogens is 592 g/mol. The van der Waals surface area contributed by atoms with Gasteiger partial charge in [0, 0.05) is 18.7 Å². The SMILES string of the molecule is Cc1ccc([C@H](CC(=O)O)c2ccn3c(C(F)(F)F)nnc3c2C)cc1CN1CC2(CC2)Oc2ccc(F)cc2S1(=O)=O. The van der Waals surface area contributed by atoms with E-state index in [-0.39, 0.29) is 35.8 Å². The van der Waals surface area contributed by atoms with Gasteiger partial charge in [0.25, 0.3) is 0 Å². The number of carbonyl (C=O) groups is 1. The largest absolute Gasteiger partial charge is 0.484 e. The minimum atomic E-state index is -4.73. The van der Waals surface area contributed by atoms with E-state index in [1.165, 1.54) is 22.6 Å². The van der Waals surface area contributed by atoms with Crippen LogP contribution in [0.25, 0.3) is 5.65 Å². The molecule has 2 aromatic heterocycles. The number of ether oxygens (including phenoxy) is 1. The maximum Gasteiger partial charge on any atom is 0.452 e. The summed E-state index contributed by atoms with van der Waals surface area (Å²) < 4.78 is 90.0. The molecule has 0 radical (unpaired) electrons. The second-order valence-electron chi connectivity index (χ2n) is 11.1. The number of carboxylic acids is 1. The van der Waals surface area contributed by atoms with Crippen LogP contribution in [0.5, 0.6) is 5.75 Å². The molecule has 1 N–H and O–H groups in total. The highest BCUT2D eigenvalue weighted by Gasteiger charge is 2.52. The molecule has 226 valence electrons. The number of fused-ring (bicyclic) bond motifs is 2. The molecule has 0 saturated heterocycles. The summed E-state index contributed by atoms with van der Waals surface area (Å²) in [5.74, 6) is -3.73. The van der Waals surface area contributed by atoms with Gasteiger partial charge in [-0.05, 0) is 78.8 Å². The lowest BCUT2D eigenvalue weighted by Crippen LogP contribution is -2.38. The van der Waals surface area contributed by atoms with Crippen LogP contribution in [0.15, 0.2) is 53.6 Å². The van der Waals surface area contributed by atoms with Gasteiger partial charge in [0.2, 0.25) is 15.8 Å². The van der Waals surface area contributed by atoms with E-state index in [2.05, 4.69) is 10.2 Å². The number of halogens is 4. The zero-order valence-electron chi connectivity index (χ0n) is 23.0. The Labute approximate surface area is 243 Å². The lowest BCUT2D eigenvalue weighted by molar-refractivity contribution is -0.145. The molecule has 43 heavy (non-hydrogen) atoms. The molecular formula is C29H26F4N4O5S. The Morgan fingerprint density at radius 3 is 2.53 bits per heavy atom. The molecule has 14 heteroatoms. The van der Waals surface area contributed by atoms with Crippen LogP contribution in [0.4, 0.5) is 17.6 Å². The molecule has 1 saturated carbocycles. The number of pyridine rings is 1. The van der Waals surface area contributed by atoms with Crippen molar-refractivity contribution in [2.24, 2.45) is 0 Å². The van der Waals surface area contributed by atoms with Crippen LogP contribution in [0, 0.1) is 19.7 Å². The summed E-state index contributed by atoms with van der Waals surface area (Å²) in [7, 11) is -4.17. The van der Waals surface area contributed by atoms with Crippen LogP contribution in [-0.4, -0.2) is 50.5 Å². The lowest BCUT2D eigenvalue weighted by atomic mass is 9.85. The minimum Gasteiger partial charge on any atom is -0.484 e. The Kier molecular flexibility index (Phi) is 6.77. The first-order valence-corrected chi connectivity index (χ1v) is 14.8. The number of hydrogen-bond acceptors (Lipinski definition) is 6. The van der Waals surface area contributed by atoms with Gasteiger partial charge in [-0.1, -0.05) is 18.2 Å². The summed E-state index contributed by atoms with van der Waals surface area (Å²) in [6.45, 7) is 3.32. The van der Waals surface area contributed by atoms with Crippen molar-refractivity contribution in [2.75, 3.05) is 6.54 Å². The summed E-state index contributed by atoms with van der Waals surface area (Å²) in [6, 6.07) is 10.0. The molecule has 2 aliphatic rings. The molecule has 1 atom stereocenters. The van der Waals surface area contributed by atoms with Gasteiger partial charge in [-0.15, -0.1) is 10.2 Å². The van der Waals surface area contributed by atoms with Gasteiger partial charge in [-0.3, -0.25) is 9.20 Å². The summed E-state index contributed by atoms with van der Waals surface area (Å²) in [5, 5.41) is 16.8. The first-order chi connectivity index (χ1) is 20.2. The van der Waals surface area contributed by atoms with Crippen molar-refractivity contribution in [3.8, 4) is 5.75 Å². The van der Waals surface area contributed by atoms with Gasteiger partial charge in [-0.2, -0.15) is 17.5 Å². The molecule has 1 aliphatic carbocycles. The second-order valence-corrected chi connectivity index (χ2v) is 13.0. The van der Waals surface area contributed by atoms with Gasteiger partial charge >= 0.3 is 12.1 Å². The lowest BCUT2D eigenvalue weighted by Gasteiger charge is -2.25. The molecule has 3 heterocycles. The van der Waals surface area contributed by atoms with Crippen LogP contribution in [0.3, 0.4) is 0 Å². The monoisotopic (exact) mass is 618 g/mol. The molecule has 0 amide bonds. The predicted octanol–water partition coefficient (Wildman–Crippen LogP) is 5.23. The quantitative estimate of drug-likeness (QED) is 0.295. The molecule has 4 aromatic rings. The van der Waals surface area contributed by atoms with E-state index in [4.69, 9.17) is 4.74 Å². The molecule has 2 aromatic carbocycles. The number of rotatable bonds is 6. The summed E-state index contributed by atoms with van der Waals surface area (Å²) >= 11 is 0. The average molecular weight is 619 g/mol. The first-order valence-electron chi connectivity index (χ1n) is 13.4. The number of hydrogen-bond donors (Lipinski definition) is 1. The third-order valence-corrected chi connectivity index (χ3v) is 9.93. The van der Waals surface area contributed by atoms with Gasteiger partial charge in [0.15, 0.2) is 5.65 Å². The molecule has 0 bridgehead atoms. The fraction of sp³-hybridized carbons (Fsp3) is 0.345. The number of aliphatic carboxylic acids is 1. The molecule has 1 spiro atoms. The van der Waals surface area contributed by atoms with E-state index in [0.29, 0.717) is 35.1 Å². The Balaban J connectivity index is 1.40. The molecule has 9 nitrogen and oxygen atoms in total. The molecule has 1 fully saturated rings. The van der Waals surface area contributed by atoms with Crippen LogP contribution in [0.1, 0.15) is 58.8 Å². The minimum absolute atomic E-state index is 0.0520. The van der Waals surface area contributed by atoms with Crippen LogP contribution < -0.4 is 4.74 Å². The Morgan fingerprint density at radius 2 is 1.86 bits per heavy atom. The Bertz CT molecular complexity index is 1890. The number of carboxylic acid groups (broad SMARTS) is 1. The fourth-order valence-electron chi connectivity index (χ4n) is 5.64. The second kappa shape index (κ2) is 10.0. The van der Waals surface area contributed by atoms with Crippen molar-refractivity contribution in [3.05, 3.63) is 88.1 Å². The van der Waals surface area contributed by atoms with E-state index in [1.54, 1.807) is 32.0 Å². The van der Waals surface area contributed by atoms with E-state index in [1.807, 2.05) is 0 Å². The number of aryl methyl sites for hydroxylation is 2. The standard InChI is InChI=1S/C29H26F4N4O5S/c1-16-3-4-18(22(13-25(38)39)21-7-10-37-26(17(21)2)34-35-27(37)29(31,32)33)11-19(16)14-36-15-28(8-9-28)42-23-6-5-20(30)12-24(23)43(36,40)41/h3-7,10-12,22H,8-9,13-15H2,1-2H3,(H,38,39)/t22-/m0/s1. The van der Waals surface area contributed by atoms with E-state index in [9.17, 15) is 35.9 Å². The first kappa shape index (κ1) is 29.1. The molecule has 0 unspecified atom stereocenters. The number of benzene rings is 2. The van der Waals surface area contributed by atoms with E-state index in [0.717, 1.165) is 22.1 Å². The highest BCUT2D eigenvalue weighted by molar-refractivity contribution is 7.89. The highest BCUT2D eigenvalue weighted by Crippen LogP contribution is 2.47. The van der Waals surface area contributed by atoms with Crippen molar-refractivity contribution in [3.63, 3.8) is 0 Å². The summed E-state index contributed by atoms with van der Waals surface area (Å²) in [6.07, 6.45) is -2.68. The van der Waals surface area contributed by atoms with Gasteiger partial charge in [-0.25, -0.2) is 12.8 Å². The van der Waals surface area contributed by atoms with Crippen molar-refractivity contribution in [1.29, 1.82) is 0 Å². The van der Waals surface area contributed by atoms with Crippen LogP contribution in [0.2, 0.25) is 0 Å². The molecule has 6 rings (SSSR count). The zero-order valence-corrected chi connectivity index (χ0v) is 23.8. The van der Waals surface area contributed by atoms with Crippen molar-refractivity contribution < 1.29 is 40.6 Å². The smallest absolute Gasteiger partial charge is 0.452 e. The normalized spacial score (nSPS) is 18.2. The summed E-state index contributed by atoms with van der Waals surface area (Å²) in [4.78, 5) is 11.7. The van der Waals surface area contributed by atoms with Crippen LogP contribution in [-0.2, 0) is 27.5 Å². The number of aromatic nitrogens is 3. The van der Waals surface area contributed by atoms with Crippen molar-refractivity contribution in [2.45, 2.75) is 62.2 Å². The maximum atomic E-state index is 14.1. The van der Waals surface area contributed by atoms with Crippen molar-refractivity contribution in [1.82, 2.24) is 18.9 Å². The Morgan fingerprint density at radius 1 is 1.12 bits per heavy atom. The third-order valence-electron chi connectivity index (χ3n) is 8.12. The number of sulfonamides is 1. The van der Waals surface area contributed by atoms with E-state index >= 15 is 0 Å². The van der Waals surface area contributed by atoms with Gasteiger partial charge in [0.05, 0.1) is 13.0 Å². The highest BCUT2D eigenvalue weighted by atomic mass is 32.2. The summed E-state index contributed by atoms with van der Waals surface area (Å²) in [5.41, 5.74) is 1.87. The van der Waals surface area contributed by atoms with E-state index < -0.39 is 45.3 Å². The number of nitrogens with zero attached hydrogens (tertiary/aromatic N) is 4. The Hall–Kier alpha value is -4.04. The topological polar surface area (TPSA) is 114 Å². The third kappa shape index (κ3) is 5.22. The average Bonchev–Trinajstić information content (AvgIpc) is 3.54. The van der Waals surface area contributed by atoms with Crippen LogP contribution >= 0.6 is 0 Å². The van der Waals surface area contributed by atoms with Crippen molar-refractivity contribution >= 4 is 21.6 Å². The zero-order chi connectivity index (χ0) is 30.9. The fourth-order valence-corrected chi connectivity index (χ4v) is 7.26.